The molecule has 1 N–H and O–H groups in total. The van der Waals surface area contributed by atoms with Gasteiger partial charge >= 0.3 is 0 Å². The average Bonchev–Trinajstić information content (AvgIpc) is 2.76. The van der Waals surface area contributed by atoms with E-state index in [-0.39, 0.29) is 18.0 Å². The van der Waals surface area contributed by atoms with Gasteiger partial charge in [-0.1, -0.05) is 66.7 Å². The molecular weight excluding hydrogens is 348 g/mol. The number of hydrogen-bond acceptors (Lipinski definition) is 3. The van der Waals surface area contributed by atoms with Crippen LogP contribution in [0, 0.1) is 0 Å². The highest BCUT2D eigenvalue weighted by Gasteiger charge is 2.38. The Labute approximate surface area is 165 Å². The normalized spacial score (nSPS) is 18.6. The van der Waals surface area contributed by atoms with Crippen molar-refractivity contribution in [3.63, 3.8) is 0 Å². The van der Waals surface area contributed by atoms with Crippen LogP contribution in [0.4, 0.5) is 0 Å². The Hall–Kier alpha value is -3.11. The number of nitrogens with zero attached hydrogens (tertiary/aromatic N) is 1. The number of ether oxygens (including phenoxy) is 1. The number of para-hydroxylation sites is 1. The van der Waals surface area contributed by atoms with Crippen LogP contribution in [0.5, 0.6) is 5.75 Å². The van der Waals surface area contributed by atoms with Crippen LogP contribution in [-0.4, -0.2) is 25.0 Å². The zero-order chi connectivity index (χ0) is 19.5. The molecule has 1 heterocycles. The van der Waals surface area contributed by atoms with Gasteiger partial charge in [-0.3, -0.25) is 4.79 Å². The molecule has 3 aromatic carbocycles. The van der Waals surface area contributed by atoms with Crippen molar-refractivity contribution >= 4 is 5.91 Å². The molecule has 4 heteroatoms. The average molecular weight is 372 g/mol. The fourth-order valence-corrected chi connectivity index (χ4v) is 4.03. The summed E-state index contributed by atoms with van der Waals surface area (Å²) in [5.41, 5.74) is 4.00. The van der Waals surface area contributed by atoms with E-state index in [1.807, 2.05) is 66.5 Å². The first-order chi connectivity index (χ1) is 13.7. The van der Waals surface area contributed by atoms with Gasteiger partial charge in [0.05, 0.1) is 19.2 Å². The molecule has 0 saturated carbocycles. The molecule has 1 aliphatic rings. The molecule has 0 aromatic heterocycles. The minimum absolute atomic E-state index is 0.0220. The molecule has 0 fully saturated rings. The molecule has 0 spiro atoms. The van der Waals surface area contributed by atoms with Crippen LogP contribution in [0.15, 0.2) is 78.9 Å². The van der Waals surface area contributed by atoms with Gasteiger partial charge < -0.3 is 15.0 Å². The summed E-state index contributed by atoms with van der Waals surface area (Å²) in [6, 6.07) is 26.0. The Kier molecular flexibility index (Phi) is 5.13. The number of benzene rings is 3. The first-order valence-corrected chi connectivity index (χ1v) is 9.47. The van der Waals surface area contributed by atoms with E-state index in [4.69, 9.17) is 4.74 Å². The third kappa shape index (κ3) is 3.27. The number of carbonyl (C=O) groups is 1. The van der Waals surface area contributed by atoms with E-state index < -0.39 is 0 Å². The lowest BCUT2D eigenvalue weighted by Crippen LogP contribution is -2.44. The number of carbonyl (C=O) groups excluding carboxylic acids is 1. The van der Waals surface area contributed by atoms with E-state index in [0.717, 1.165) is 28.0 Å². The Morgan fingerprint density at radius 1 is 0.929 bits per heavy atom. The van der Waals surface area contributed by atoms with Crippen molar-refractivity contribution in [1.29, 1.82) is 0 Å². The predicted octanol–water partition coefficient (Wildman–Crippen LogP) is 4.35. The lowest BCUT2D eigenvalue weighted by molar-refractivity contribution is 0.0652. The van der Waals surface area contributed by atoms with Crippen molar-refractivity contribution in [2.45, 2.75) is 18.6 Å². The number of rotatable bonds is 5. The van der Waals surface area contributed by atoms with E-state index in [1.54, 1.807) is 7.11 Å². The highest BCUT2D eigenvalue weighted by atomic mass is 16.5. The smallest absolute Gasteiger partial charge is 0.254 e. The highest BCUT2D eigenvalue weighted by Crippen LogP contribution is 2.40. The summed E-state index contributed by atoms with van der Waals surface area (Å²) in [5.74, 6) is 0.916. The van der Waals surface area contributed by atoms with Crippen LogP contribution in [0.1, 0.15) is 39.1 Å². The van der Waals surface area contributed by atoms with Gasteiger partial charge in [0.1, 0.15) is 5.75 Å². The van der Waals surface area contributed by atoms with Crippen molar-refractivity contribution < 1.29 is 9.53 Å². The summed E-state index contributed by atoms with van der Waals surface area (Å²) in [6.45, 7) is 0.647. The van der Waals surface area contributed by atoms with Crippen LogP contribution >= 0.6 is 0 Å². The number of methoxy groups -OCH3 is 1. The number of amides is 1. The molecule has 0 unspecified atom stereocenters. The molecule has 1 aliphatic heterocycles. The standard InChI is InChI=1S/C24H24N2O2/c1-26-23(17-10-4-3-5-11-17)22(19-13-7-8-14-20(19)24(26)27)25-16-18-12-6-9-15-21(18)28-2/h3-15,22-23,25H,16H2,1-2H3/t22-,23+/m1/s1. The molecule has 0 aliphatic carbocycles. The molecule has 4 rings (SSSR count). The van der Waals surface area contributed by atoms with Crippen LogP contribution in [-0.2, 0) is 6.54 Å². The number of fused-ring (bicyclic) bond motifs is 1. The number of likely N-dealkylation sites (N-methyl/N-ethyl adjacent to an activating group) is 1. The van der Waals surface area contributed by atoms with Gasteiger partial charge in [0.15, 0.2) is 0 Å². The molecular formula is C24H24N2O2. The molecule has 0 radical (unpaired) electrons. The van der Waals surface area contributed by atoms with Gasteiger partial charge in [-0.25, -0.2) is 0 Å². The Morgan fingerprint density at radius 3 is 2.39 bits per heavy atom. The summed E-state index contributed by atoms with van der Waals surface area (Å²) >= 11 is 0. The van der Waals surface area contributed by atoms with Crippen LogP contribution in [0.2, 0.25) is 0 Å². The van der Waals surface area contributed by atoms with Crippen LogP contribution < -0.4 is 10.1 Å². The SMILES string of the molecule is COc1ccccc1CN[C@@H]1c2ccccc2C(=O)N(C)[C@H]1c1ccccc1. The third-order valence-electron chi connectivity index (χ3n) is 5.43. The van der Waals surface area contributed by atoms with Gasteiger partial charge in [0, 0.05) is 24.7 Å². The monoisotopic (exact) mass is 372 g/mol. The second-order valence-electron chi connectivity index (χ2n) is 7.03. The highest BCUT2D eigenvalue weighted by molar-refractivity contribution is 5.97. The van der Waals surface area contributed by atoms with E-state index in [1.165, 1.54) is 0 Å². The second kappa shape index (κ2) is 7.87. The summed E-state index contributed by atoms with van der Waals surface area (Å²) < 4.78 is 5.50. The minimum Gasteiger partial charge on any atom is -0.496 e. The summed E-state index contributed by atoms with van der Waals surface area (Å²) in [7, 11) is 3.57. The zero-order valence-corrected chi connectivity index (χ0v) is 16.1. The molecule has 3 aromatic rings. The van der Waals surface area contributed by atoms with Crippen molar-refractivity contribution in [2.75, 3.05) is 14.2 Å². The van der Waals surface area contributed by atoms with Crippen molar-refractivity contribution in [3.8, 4) is 5.75 Å². The molecule has 28 heavy (non-hydrogen) atoms. The molecule has 0 saturated heterocycles. The first kappa shape index (κ1) is 18.3. The van der Waals surface area contributed by atoms with Gasteiger partial charge in [0.2, 0.25) is 0 Å². The number of nitrogens with one attached hydrogen (secondary N) is 1. The van der Waals surface area contributed by atoms with E-state index in [2.05, 4.69) is 29.6 Å². The largest absolute Gasteiger partial charge is 0.496 e. The Bertz CT molecular complexity index is 971. The van der Waals surface area contributed by atoms with Gasteiger partial charge in [0.25, 0.3) is 5.91 Å². The summed E-state index contributed by atoms with van der Waals surface area (Å²) in [5, 5.41) is 3.69. The molecule has 1 amide bonds. The maximum atomic E-state index is 13.0. The van der Waals surface area contributed by atoms with E-state index in [9.17, 15) is 4.79 Å². The zero-order valence-electron chi connectivity index (χ0n) is 16.1. The first-order valence-electron chi connectivity index (χ1n) is 9.47. The van der Waals surface area contributed by atoms with Crippen LogP contribution in [0.3, 0.4) is 0 Å². The van der Waals surface area contributed by atoms with Gasteiger partial charge in [-0.2, -0.15) is 0 Å². The fourth-order valence-electron chi connectivity index (χ4n) is 4.03. The molecule has 4 nitrogen and oxygen atoms in total. The Morgan fingerprint density at radius 2 is 1.61 bits per heavy atom. The molecule has 142 valence electrons. The fraction of sp³-hybridized carbons (Fsp3) is 0.208. The lowest BCUT2D eigenvalue weighted by atomic mass is 9.85. The Balaban J connectivity index is 1.73. The van der Waals surface area contributed by atoms with Crippen molar-refractivity contribution in [3.05, 3.63) is 101 Å². The molecule has 2 atom stereocenters. The minimum atomic E-state index is -0.0849. The topological polar surface area (TPSA) is 41.6 Å². The lowest BCUT2D eigenvalue weighted by Gasteiger charge is -2.41. The van der Waals surface area contributed by atoms with Crippen LogP contribution in [0.25, 0.3) is 0 Å². The quantitative estimate of drug-likeness (QED) is 0.724. The second-order valence-corrected chi connectivity index (χ2v) is 7.03. The third-order valence-corrected chi connectivity index (χ3v) is 5.43. The maximum absolute atomic E-state index is 13.0. The number of hydrogen-bond donors (Lipinski definition) is 1. The van der Waals surface area contributed by atoms with Crippen molar-refractivity contribution in [1.82, 2.24) is 10.2 Å². The van der Waals surface area contributed by atoms with Gasteiger partial charge in [-0.15, -0.1) is 0 Å². The predicted molar refractivity (Wildman–Crippen MR) is 110 cm³/mol. The summed E-state index contributed by atoms with van der Waals surface area (Å²) in [6.07, 6.45) is 0. The van der Waals surface area contributed by atoms with E-state index >= 15 is 0 Å². The van der Waals surface area contributed by atoms with Gasteiger partial charge in [-0.05, 0) is 23.3 Å². The summed E-state index contributed by atoms with van der Waals surface area (Å²) in [4.78, 5) is 14.8. The molecule has 0 bridgehead atoms. The maximum Gasteiger partial charge on any atom is 0.254 e. The van der Waals surface area contributed by atoms with E-state index in [0.29, 0.717) is 6.54 Å². The van der Waals surface area contributed by atoms with Crippen molar-refractivity contribution in [2.24, 2.45) is 0 Å².